The van der Waals surface area contributed by atoms with Gasteiger partial charge in [0.1, 0.15) is 12.0 Å². The molecule has 3 aromatic rings. The first kappa shape index (κ1) is 18.5. The van der Waals surface area contributed by atoms with Crippen LogP contribution in [0.2, 0.25) is 0 Å². The van der Waals surface area contributed by atoms with Crippen LogP contribution < -0.4 is 0 Å². The molecule has 146 valence electrons. The van der Waals surface area contributed by atoms with Crippen LogP contribution in [0, 0.1) is 0 Å². The maximum atomic E-state index is 12.5. The molecule has 28 heavy (non-hydrogen) atoms. The molecule has 0 N–H and O–H groups in total. The van der Waals surface area contributed by atoms with E-state index in [1.807, 2.05) is 35.2 Å². The Balaban J connectivity index is 1.51. The summed E-state index contributed by atoms with van der Waals surface area (Å²) in [5, 5.41) is 0. The summed E-state index contributed by atoms with van der Waals surface area (Å²) in [6, 6.07) is 14.3. The Kier molecular flexibility index (Phi) is 5.58. The fraction of sp³-hybridized carbons (Fsp3) is 0.364. The number of furan rings is 1. The monoisotopic (exact) mass is 379 g/mol. The fourth-order valence-corrected chi connectivity index (χ4v) is 3.61. The third kappa shape index (κ3) is 4.17. The van der Waals surface area contributed by atoms with Gasteiger partial charge in [0.05, 0.1) is 19.4 Å². The zero-order valence-corrected chi connectivity index (χ0v) is 16.1. The van der Waals surface area contributed by atoms with Gasteiger partial charge in [0.15, 0.2) is 5.69 Å². The van der Waals surface area contributed by atoms with E-state index in [4.69, 9.17) is 8.83 Å². The first-order chi connectivity index (χ1) is 13.7. The van der Waals surface area contributed by atoms with Gasteiger partial charge in [-0.05, 0) is 37.5 Å². The first-order valence-corrected chi connectivity index (χ1v) is 9.76. The first-order valence-electron chi connectivity index (χ1n) is 9.76. The van der Waals surface area contributed by atoms with Crippen LogP contribution in [0.4, 0.5) is 0 Å². The van der Waals surface area contributed by atoms with Crippen LogP contribution in [0.25, 0.3) is 0 Å². The topological polar surface area (TPSA) is 62.7 Å². The molecule has 1 amide bonds. The number of likely N-dealkylation sites (tertiary alicyclic amines) is 1. The summed E-state index contributed by atoms with van der Waals surface area (Å²) >= 11 is 0. The summed E-state index contributed by atoms with van der Waals surface area (Å²) in [6.07, 6.45) is 5.27. The summed E-state index contributed by atoms with van der Waals surface area (Å²) < 4.78 is 11.2. The molecule has 0 spiro atoms. The maximum Gasteiger partial charge on any atom is 0.275 e. The summed E-state index contributed by atoms with van der Waals surface area (Å²) in [5.74, 6) is 1.38. The Bertz CT molecular complexity index is 883. The van der Waals surface area contributed by atoms with Crippen LogP contribution in [-0.2, 0) is 13.1 Å². The summed E-state index contributed by atoms with van der Waals surface area (Å²) in [4.78, 5) is 21.1. The molecule has 0 bridgehead atoms. The molecule has 0 radical (unpaired) electrons. The van der Waals surface area contributed by atoms with E-state index in [0.717, 1.165) is 31.7 Å². The Morgan fingerprint density at radius 1 is 1.11 bits per heavy atom. The Morgan fingerprint density at radius 3 is 2.61 bits per heavy atom. The van der Waals surface area contributed by atoms with Gasteiger partial charge in [-0.25, -0.2) is 4.98 Å². The molecule has 6 heteroatoms. The standard InChI is InChI=1S/C22H25N3O3/c1-17(18-8-3-2-4-9-18)25(14-19-10-7-13-27-19)15-21-23-20(16-28-21)22(26)24-11-5-6-12-24/h2-4,7-10,13,16-17H,5-6,11-12,14-15H2,1H3. The molecule has 1 atom stereocenters. The van der Waals surface area contributed by atoms with Crippen molar-refractivity contribution in [2.45, 2.75) is 38.9 Å². The second-order valence-electron chi connectivity index (χ2n) is 7.20. The third-order valence-corrected chi connectivity index (χ3v) is 5.27. The van der Waals surface area contributed by atoms with Crippen LogP contribution in [0.1, 0.15) is 53.5 Å². The van der Waals surface area contributed by atoms with E-state index in [9.17, 15) is 4.79 Å². The maximum absolute atomic E-state index is 12.5. The molecule has 1 aliphatic rings. The van der Waals surface area contributed by atoms with Crippen molar-refractivity contribution in [1.82, 2.24) is 14.8 Å². The molecule has 0 aliphatic carbocycles. The molecule has 4 rings (SSSR count). The minimum Gasteiger partial charge on any atom is -0.468 e. The second-order valence-corrected chi connectivity index (χ2v) is 7.20. The van der Waals surface area contributed by atoms with Gasteiger partial charge < -0.3 is 13.7 Å². The zero-order valence-electron chi connectivity index (χ0n) is 16.1. The highest BCUT2D eigenvalue weighted by Crippen LogP contribution is 2.25. The molecule has 1 aromatic carbocycles. The van der Waals surface area contributed by atoms with Crippen molar-refractivity contribution in [2.75, 3.05) is 13.1 Å². The Labute approximate surface area is 164 Å². The number of hydrogen-bond donors (Lipinski definition) is 0. The quantitative estimate of drug-likeness (QED) is 0.613. The van der Waals surface area contributed by atoms with Crippen LogP contribution in [-0.4, -0.2) is 33.8 Å². The van der Waals surface area contributed by atoms with Crippen molar-refractivity contribution in [3.63, 3.8) is 0 Å². The lowest BCUT2D eigenvalue weighted by Crippen LogP contribution is -2.28. The van der Waals surface area contributed by atoms with E-state index in [-0.39, 0.29) is 11.9 Å². The molecule has 1 unspecified atom stereocenters. The van der Waals surface area contributed by atoms with Crippen molar-refractivity contribution in [1.29, 1.82) is 0 Å². The summed E-state index contributed by atoms with van der Waals surface area (Å²) in [6.45, 7) is 4.87. The van der Waals surface area contributed by atoms with Gasteiger partial charge in [0.25, 0.3) is 5.91 Å². The molecule has 1 aliphatic heterocycles. The molecule has 6 nitrogen and oxygen atoms in total. The number of rotatable bonds is 7. The van der Waals surface area contributed by atoms with Gasteiger partial charge >= 0.3 is 0 Å². The summed E-state index contributed by atoms with van der Waals surface area (Å²) in [7, 11) is 0. The van der Waals surface area contributed by atoms with E-state index in [2.05, 4.69) is 28.9 Å². The van der Waals surface area contributed by atoms with Crippen LogP contribution >= 0.6 is 0 Å². The summed E-state index contributed by atoms with van der Waals surface area (Å²) in [5.41, 5.74) is 1.59. The Morgan fingerprint density at radius 2 is 1.89 bits per heavy atom. The van der Waals surface area contributed by atoms with Crippen molar-refractivity contribution in [3.05, 3.63) is 77.9 Å². The number of carbonyl (C=O) groups excluding carboxylic acids is 1. The molecular weight excluding hydrogens is 354 g/mol. The smallest absolute Gasteiger partial charge is 0.275 e. The van der Waals surface area contributed by atoms with Crippen LogP contribution in [0.5, 0.6) is 0 Å². The molecule has 1 saturated heterocycles. The zero-order chi connectivity index (χ0) is 19.3. The second kappa shape index (κ2) is 8.44. The van der Waals surface area contributed by atoms with Gasteiger partial charge in [-0.15, -0.1) is 0 Å². The average Bonchev–Trinajstić information content (AvgIpc) is 3.49. The lowest BCUT2D eigenvalue weighted by Gasteiger charge is -2.27. The largest absolute Gasteiger partial charge is 0.468 e. The minimum absolute atomic E-state index is 0.0406. The lowest BCUT2D eigenvalue weighted by molar-refractivity contribution is 0.0787. The van der Waals surface area contributed by atoms with E-state index >= 15 is 0 Å². The van der Waals surface area contributed by atoms with E-state index < -0.39 is 0 Å². The molecule has 3 heterocycles. The predicted molar refractivity (Wildman–Crippen MR) is 104 cm³/mol. The van der Waals surface area contributed by atoms with E-state index in [1.54, 1.807) is 6.26 Å². The van der Waals surface area contributed by atoms with Gasteiger partial charge in [-0.3, -0.25) is 9.69 Å². The van der Waals surface area contributed by atoms with Crippen molar-refractivity contribution in [3.8, 4) is 0 Å². The third-order valence-electron chi connectivity index (χ3n) is 5.27. The average molecular weight is 379 g/mol. The number of carbonyl (C=O) groups is 1. The van der Waals surface area contributed by atoms with Crippen molar-refractivity contribution < 1.29 is 13.6 Å². The highest BCUT2D eigenvalue weighted by Gasteiger charge is 2.24. The molecule has 1 fully saturated rings. The number of aromatic nitrogens is 1. The van der Waals surface area contributed by atoms with E-state index in [0.29, 0.717) is 24.7 Å². The minimum atomic E-state index is -0.0406. The SMILES string of the molecule is CC(c1ccccc1)N(Cc1ccco1)Cc1nc(C(=O)N2CCCC2)co1. The molecular formula is C22H25N3O3. The number of benzene rings is 1. The van der Waals surface area contributed by atoms with E-state index in [1.165, 1.54) is 11.8 Å². The Hall–Kier alpha value is -2.86. The van der Waals surface area contributed by atoms with Crippen LogP contribution in [0.15, 0.2) is 63.8 Å². The number of hydrogen-bond acceptors (Lipinski definition) is 5. The van der Waals surface area contributed by atoms with Gasteiger partial charge in [0.2, 0.25) is 5.89 Å². The van der Waals surface area contributed by atoms with Gasteiger partial charge in [0, 0.05) is 19.1 Å². The number of amides is 1. The van der Waals surface area contributed by atoms with Crippen molar-refractivity contribution >= 4 is 5.91 Å². The molecule has 2 aromatic heterocycles. The highest BCUT2D eigenvalue weighted by atomic mass is 16.3. The molecule has 0 saturated carbocycles. The van der Waals surface area contributed by atoms with Crippen LogP contribution in [0.3, 0.4) is 0 Å². The normalized spacial score (nSPS) is 15.3. The van der Waals surface area contributed by atoms with Gasteiger partial charge in [-0.2, -0.15) is 0 Å². The van der Waals surface area contributed by atoms with Gasteiger partial charge in [-0.1, -0.05) is 30.3 Å². The lowest BCUT2D eigenvalue weighted by atomic mass is 10.1. The van der Waals surface area contributed by atoms with Crippen molar-refractivity contribution in [2.24, 2.45) is 0 Å². The number of nitrogens with zero attached hydrogens (tertiary/aromatic N) is 3. The number of oxazole rings is 1. The fourth-order valence-electron chi connectivity index (χ4n) is 3.61. The predicted octanol–water partition coefficient (Wildman–Crippen LogP) is 4.27. The highest BCUT2D eigenvalue weighted by molar-refractivity contribution is 5.92.